The van der Waals surface area contributed by atoms with Crippen LogP contribution in [-0.2, 0) is 16.0 Å². The lowest BCUT2D eigenvalue weighted by Crippen LogP contribution is -2.48. The zero-order chi connectivity index (χ0) is 19.5. The molecule has 0 saturated carbocycles. The third-order valence-electron chi connectivity index (χ3n) is 4.76. The first-order valence-electron chi connectivity index (χ1n) is 9.69. The average Bonchev–Trinajstić information content (AvgIpc) is 2.68. The van der Waals surface area contributed by atoms with Crippen molar-refractivity contribution in [2.45, 2.75) is 19.8 Å². The molecule has 1 aromatic carbocycles. The Hall–Kier alpha value is -1.54. The topological polar surface area (TPSA) is 73.9 Å². The second-order valence-corrected chi connectivity index (χ2v) is 6.79. The molecule has 7 nitrogen and oxygen atoms in total. The number of carbonyl (C=O) groups excluding carboxylic acids is 2. The summed E-state index contributed by atoms with van der Waals surface area (Å²) in [5.41, 5.74) is 1.18. The molecule has 2 N–H and O–H groups in total. The van der Waals surface area contributed by atoms with Gasteiger partial charge in [-0.3, -0.25) is 14.5 Å². The van der Waals surface area contributed by atoms with Gasteiger partial charge in [0.2, 0.25) is 11.8 Å². The monoisotopic (exact) mass is 448 g/mol. The van der Waals surface area contributed by atoms with Gasteiger partial charge < -0.3 is 20.3 Å². The highest BCUT2D eigenvalue weighted by Gasteiger charge is 2.17. The van der Waals surface area contributed by atoms with E-state index in [0.29, 0.717) is 26.1 Å². The van der Waals surface area contributed by atoms with E-state index < -0.39 is 0 Å². The van der Waals surface area contributed by atoms with E-state index in [2.05, 4.69) is 15.5 Å². The van der Waals surface area contributed by atoms with Crippen LogP contribution in [0.1, 0.15) is 18.9 Å². The van der Waals surface area contributed by atoms with Crippen molar-refractivity contribution in [3.05, 3.63) is 29.8 Å². The van der Waals surface area contributed by atoms with Gasteiger partial charge in [0.05, 0.1) is 0 Å². The number of hydrogen-bond acceptors (Lipinski definition) is 5. The Morgan fingerprint density at radius 3 is 2.28 bits per heavy atom. The van der Waals surface area contributed by atoms with Crippen LogP contribution in [0.4, 0.5) is 0 Å². The Bertz CT molecular complexity index is 594. The molecule has 1 aromatic rings. The molecule has 1 aliphatic heterocycles. The predicted octanol–water partition coefficient (Wildman–Crippen LogP) is 1.34. The molecule has 0 spiro atoms. The van der Waals surface area contributed by atoms with Gasteiger partial charge in [0, 0.05) is 59.2 Å². The van der Waals surface area contributed by atoms with Gasteiger partial charge in [-0.25, -0.2) is 0 Å². The summed E-state index contributed by atoms with van der Waals surface area (Å²) < 4.78 is 5.83. The Labute approximate surface area is 186 Å². The van der Waals surface area contributed by atoms with Crippen molar-refractivity contribution in [3.8, 4) is 5.75 Å². The minimum Gasteiger partial charge on any atom is -0.492 e. The third kappa shape index (κ3) is 10.7. The molecule has 0 bridgehead atoms. The molecular weight excluding hydrogens is 415 g/mol. The number of benzene rings is 1. The van der Waals surface area contributed by atoms with E-state index in [1.165, 1.54) is 5.56 Å². The maximum absolute atomic E-state index is 11.6. The number of halogens is 2. The quantitative estimate of drug-likeness (QED) is 0.564. The Kier molecular flexibility index (Phi) is 14.5. The summed E-state index contributed by atoms with van der Waals surface area (Å²) in [7, 11) is 1.84. The molecule has 9 heteroatoms. The fourth-order valence-corrected chi connectivity index (χ4v) is 3.00. The summed E-state index contributed by atoms with van der Waals surface area (Å²) in [6.45, 7) is 7.89. The fraction of sp³-hybridized carbons (Fsp3) is 0.600. The largest absolute Gasteiger partial charge is 0.492 e. The molecule has 29 heavy (non-hydrogen) atoms. The maximum Gasteiger partial charge on any atom is 0.221 e. The van der Waals surface area contributed by atoms with Gasteiger partial charge in [-0.15, -0.1) is 24.8 Å². The number of amides is 2. The van der Waals surface area contributed by atoms with Gasteiger partial charge in [0.15, 0.2) is 0 Å². The average molecular weight is 449 g/mol. The Morgan fingerprint density at radius 1 is 1.03 bits per heavy atom. The molecule has 1 fully saturated rings. The summed E-state index contributed by atoms with van der Waals surface area (Å²) in [6, 6.07) is 8.04. The predicted molar refractivity (Wildman–Crippen MR) is 120 cm³/mol. The van der Waals surface area contributed by atoms with Crippen molar-refractivity contribution < 1.29 is 14.3 Å². The molecule has 2 amide bonds. The normalized spacial score (nSPS) is 13.8. The molecule has 0 atom stereocenters. The van der Waals surface area contributed by atoms with Crippen LogP contribution >= 0.6 is 24.8 Å². The van der Waals surface area contributed by atoms with Gasteiger partial charge in [0.1, 0.15) is 12.4 Å². The van der Waals surface area contributed by atoms with Crippen molar-refractivity contribution in [1.29, 1.82) is 0 Å². The third-order valence-corrected chi connectivity index (χ3v) is 4.76. The van der Waals surface area contributed by atoms with Gasteiger partial charge in [-0.2, -0.15) is 0 Å². The van der Waals surface area contributed by atoms with Crippen LogP contribution in [0.2, 0.25) is 0 Å². The Morgan fingerprint density at radius 2 is 1.69 bits per heavy atom. The highest BCUT2D eigenvalue weighted by Crippen LogP contribution is 2.12. The molecule has 0 radical (unpaired) electrons. The van der Waals surface area contributed by atoms with Crippen LogP contribution in [0.5, 0.6) is 5.75 Å². The molecular formula is C20H34Cl2N4O3. The van der Waals surface area contributed by atoms with Gasteiger partial charge in [0.25, 0.3) is 0 Å². The van der Waals surface area contributed by atoms with E-state index in [4.69, 9.17) is 4.74 Å². The van der Waals surface area contributed by atoms with Gasteiger partial charge in [-0.05, 0) is 31.2 Å². The van der Waals surface area contributed by atoms with Crippen LogP contribution in [0.15, 0.2) is 24.3 Å². The fourth-order valence-electron chi connectivity index (χ4n) is 3.00. The molecule has 1 saturated heterocycles. The van der Waals surface area contributed by atoms with Crippen LogP contribution in [0, 0.1) is 0 Å². The standard InChI is InChI=1S/C20H32N4O3.2ClH/c1-17(25)24-13-11-23(12-14-24)15-16-27-19-5-3-18(4-6-19)7-10-22-20(26)8-9-21-2;;/h3-6,21H,7-16H2,1-2H3,(H,22,26);2*1H. The molecule has 0 aliphatic carbocycles. The first-order valence-corrected chi connectivity index (χ1v) is 9.69. The van der Waals surface area contributed by atoms with E-state index >= 15 is 0 Å². The highest BCUT2D eigenvalue weighted by molar-refractivity contribution is 5.85. The summed E-state index contributed by atoms with van der Waals surface area (Å²) in [6.07, 6.45) is 1.32. The van der Waals surface area contributed by atoms with E-state index in [-0.39, 0.29) is 36.6 Å². The summed E-state index contributed by atoms with van der Waals surface area (Å²) in [4.78, 5) is 27.1. The summed E-state index contributed by atoms with van der Waals surface area (Å²) in [5.74, 6) is 1.09. The number of hydrogen-bond donors (Lipinski definition) is 2. The minimum absolute atomic E-state index is 0. The molecule has 0 aromatic heterocycles. The second kappa shape index (κ2) is 15.3. The number of rotatable bonds is 10. The van der Waals surface area contributed by atoms with Crippen LogP contribution in [-0.4, -0.2) is 81.1 Å². The minimum atomic E-state index is 0. The van der Waals surface area contributed by atoms with Crippen molar-refractivity contribution in [3.63, 3.8) is 0 Å². The number of piperazine rings is 1. The SMILES string of the molecule is CNCCC(=O)NCCc1ccc(OCCN2CCN(C(C)=O)CC2)cc1.Cl.Cl. The first-order chi connectivity index (χ1) is 13.1. The second-order valence-electron chi connectivity index (χ2n) is 6.79. The Balaban J connectivity index is 0.00000392. The highest BCUT2D eigenvalue weighted by atomic mass is 35.5. The van der Waals surface area contributed by atoms with E-state index in [0.717, 1.165) is 44.9 Å². The summed E-state index contributed by atoms with van der Waals surface area (Å²) >= 11 is 0. The lowest BCUT2D eigenvalue weighted by atomic mass is 10.1. The van der Waals surface area contributed by atoms with Crippen LogP contribution in [0.3, 0.4) is 0 Å². The van der Waals surface area contributed by atoms with Crippen LogP contribution < -0.4 is 15.4 Å². The van der Waals surface area contributed by atoms with E-state index in [1.807, 2.05) is 36.2 Å². The number of ether oxygens (including phenoxy) is 1. The zero-order valence-electron chi connectivity index (χ0n) is 17.3. The van der Waals surface area contributed by atoms with Crippen LogP contribution in [0.25, 0.3) is 0 Å². The molecule has 2 rings (SSSR count). The molecule has 166 valence electrons. The molecule has 1 heterocycles. The summed E-state index contributed by atoms with van der Waals surface area (Å²) in [5, 5.41) is 5.88. The zero-order valence-corrected chi connectivity index (χ0v) is 18.9. The number of carbonyl (C=O) groups is 2. The number of nitrogens with one attached hydrogen (secondary N) is 2. The van der Waals surface area contributed by atoms with E-state index in [1.54, 1.807) is 6.92 Å². The van der Waals surface area contributed by atoms with Crippen molar-refractivity contribution in [2.75, 3.05) is 59.5 Å². The van der Waals surface area contributed by atoms with Crippen molar-refractivity contribution >= 4 is 36.6 Å². The number of nitrogens with zero attached hydrogens (tertiary/aromatic N) is 2. The van der Waals surface area contributed by atoms with Crippen molar-refractivity contribution in [2.24, 2.45) is 0 Å². The lowest BCUT2D eigenvalue weighted by molar-refractivity contribution is -0.130. The van der Waals surface area contributed by atoms with Crippen molar-refractivity contribution in [1.82, 2.24) is 20.4 Å². The van der Waals surface area contributed by atoms with E-state index in [9.17, 15) is 9.59 Å². The molecule has 0 unspecified atom stereocenters. The van der Waals surface area contributed by atoms with Gasteiger partial charge >= 0.3 is 0 Å². The maximum atomic E-state index is 11.6. The van der Waals surface area contributed by atoms with Gasteiger partial charge in [-0.1, -0.05) is 12.1 Å². The lowest BCUT2D eigenvalue weighted by Gasteiger charge is -2.34. The first kappa shape index (κ1) is 27.5. The molecule has 1 aliphatic rings. The smallest absolute Gasteiger partial charge is 0.221 e.